The summed E-state index contributed by atoms with van der Waals surface area (Å²) in [7, 11) is 0. The van der Waals surface area contributed by atoms with Crippen molar-refractivity contribution >= 4 is 0 Å². The minimum Gasteiger partial charge on any atom is -0.330 e. The largest absolute Gasteiger partial charge is 0.330 e. The third kappa shape index (κ3) is 6.05. The van der Waals surface area contributed by atoms with Gasteiger partial charge in [0.2, 0.25) is 0 Å². The van der Waals surface area contributed by atoms with Crippen LogP contribution in [0.4, 0.5) is 0 Å². The van der Waals surface area contributed by atoms with E-state index in [0.29, 0.717) is 0 Å². The Balaban J connectivity index is 0.000000180. The molecule has 0 aromatic rings. The van der Waals surface area contributed by atoms with E-state index in [-0.39, 0.29) is 0 Å². The predicted molar refractivity (Wildman–Crippen MR) is 46.0 cm³/mol. The first-order valence-electron chi connectivity index (χ1n) is 4.24. The van der Waals surface area contributed by atoms with Gasteiger partial charge in [-0.15, -0.1) is 0 Å². The van der Waals surface area contributed by atoms with E-state index in [1.807, 2.05) is 0 Å². The summed E-state index contributed by atoms with van der Waals surface area (Å²) in [5, 5.41) is 3.32. The van der Waals surface area contributed by atoms with Crippen LogP contribution < -0.4 is 11.1 Å². The van der Waals surface area contributed by atoms with Crippen molar-refractivity contribution in [3.8, 4) is 0 Å². The van der Waals surface area contributed by atoms with Crippen LogP contribution in [0.1, 0.15) is 33.1 Å². The molecule has 0 aromatic heterocycles. The van der Waals surface area contributed by atoms with Crippen molar-refractivity contribution in [2.24, 2.45) is 5.73 Å². The summed E-state index contributed by atoms with van der Waals surface area (Å²) < 4.78 is 0. The molecule has 1 rings (SSSR count). The molecule has 2 nitrogen and oxygen atoms in total. The molecule has 0 spiro atoms. The quantitative estimate of drug-likeness (QED) is 0.578. The van der Waals surface area contributed by atoms with Crippen molar-refractivity contribution in [3.63, 3.8) is 0 Å². The highest BCUT2D eigenvalue weighted by Gasteiger charge is 2.05. The van der Waals surface area contributed by atoms with Crippen molar-refractivity contribution in [3.05, 3.63) is 0 Å². The van der Waals surface area contributed by atoms with Crippen LogP contribution in [0.25, 0.3) is 0 Å². The van der Waals surface area contributed by atoms with Crippen LogP contribution in [-0.4, -0.2) is 19.1 Å². The molecule has 1 heterocycles. The van der Waals surface area contributed by atoms with Gasteiger partial charge in [-0.05, 0) is 39.3 Å². The van der Waals surface area contributed by atoms with E-state index in [9.17, 15) is 0 Å². The average Bonchev–Trinajstić information content (AvgIpc) is 2.40. The van der Waals surface area contributed by atoms with E-state index in [2.05, 4.69) is 19.2 Å². The Morgan fingerprint density at radius 1 is 1.60 bits per heavy atom. The summed E-state index contributed by atoms with van der Waals surface area (Å²) in [5.74, 6) is 0. The number of nitrogens with one attached hydrogen (secondary N) is 1. The van der Waals surface area contributed by atoms with E-state index >= 15 is 0 Å². The minimum absolute atomic E-state index is 0.796. The molecule has 2 heteroatoms. The van der Waals surface area contributed by atoms with Crippen LogP contribution >= 0.6 is 0 Å². The van der Waals surface area contributed by atoms with Crippen LogP contribution in [0.5, 0.6) is 0 Å². The van der Waals surface area contributed by atoms with Gasteiger partial charge in [-0.25, -0.2) is 0 Å². The van der Waals surface area contributed by atoms with Gasteiger partial charge in [-0.3, -0.25) is 0 Å². The van der Waals surface area contributed by atoms with Gasteiger partial charge < -0.3 is 11.1 Å². The predicted octanol–water partition coefficient (Wildman–Crippen LogP) is 1.11. The maximum atomic E-state index is 5.03. The van der Waals surface area contributed by atoms with Gasteiger partial charge >= 0.3 is 0 Å². The lowest BCUT2D eigenvalue weighted by Gasteiger charge is -1.95. The lowest BCUT2D eigenvalue weighted by molar-refractivity contribution is 0.664. The summed E-state index contributed by atoms with van der Waals surface area (Å²) in [6, 6.07) is 0.796. The highest BCUT2D eigenvalue weighted by molar-refractivity contribution is 4.67. The Morgan fingerprint density at radius 3 is 2.30 bits per heavy atom. The van der Waals surface area contributed by atoms with Gasteiger partial charge in [0.15, 0.2) is 0 Å². The van der Waals surface area contributed by atoms with Gasteiger partial charge in [0.1, 0.15) is 0 Å². The third-order valence-corrected chi connectivity index (χ3v) is 1.60. The van der Waals surface area contributed by atoms with Gasteiger partial charge in [0.05, 0.1) is 0 Å². The molecule has 0 amide bonds. The molecule has 1 saturated heterocycles. The molecule has 62 valence electrons. The molecule has 1 aliphatic heterocycles. The molecule has 1 fully saturated rings. The van der Waals surface area contributed by atoms with Crippen LogP contribution in [0.15, 0.2) is 0 Å². The average molecular weight is 144 g/mol. The van der Waals surface area contributed by atoms with Crippen molar-refractivity contribution in [2.75, 3.05) is 13.1 Å². The van der Waals surface area contributed by atoms with Crippen LogP contribution in [-0.2, 0) is 0 Å². The van der Waals surface area contributed by atoms with Crippen LogP contribution in [0.3, 0.4) is 0 Å². The maximum Gasteiger partial charge on any atom is 0.00391 e. The molecule has 10 heavy (non-hydrogen) atoms. The SMILES string of the molecule is CC1CCCN1.CCCN. The monoisotopic (exact) mass is 144 g/mol. The molecular formula is C8H20N2. The zero-order valence-electron chi connectivity index (χ0n) is 7.19. The molecule has 0 aliphatic carbocycles. The van der Waals surface area contributed by atoms with Crippen LogP contribution in [0.2, 0.25) is 0 Å². The van der Waals surface area contributed by atoms with Crippen molar-refractivity contribution in [1.29, 1.82) is 0 Å². The summed E-state index contributed by atoms with van der Waals surface area (Å²) in [4.78, 5) is 0. The normalized spacial score (nSPS) is 23.7. The zero-order valence-corrected chi connectivity index (χ0v) is 7.19. The Hall–Kier alpha value is -0.0800. The van der Waals surface area contributed by atoms with E-state index in [1.165, 1.54) is 19.4 Å². The van der Waals surface area contributed by atoms with Gasteiger partial charge in [-0.2, -0.15) is 0 Å². The Morgan fingerprint density at radius 2 is 2.20 bits per heavy atom. The number of hydrogen-bond donors (Lipinski definition) is 2. The fourth-order valence-electron chi connectivity index (χ4n) is 0.859. The first-order chi connectivity index (χ1) is 4.81. The second-order valence-electron chi connectivity index (χ2n) is 2.79. The molecule has 0 bridgehead atoms. The molecule has 0 radical (unpaired) electrons. The first-order valence-corrected chi connectivity index (χ1v) is 4.24. The molecule has 0 saturated carbocycles. The Kier molecular flexibility index (Phi) is 6.98. The van der Waals surface area contributed by atoms with E-state index in [1.54, 1.807) is 0 Å². The Bertz CT molecular complexity index is 56.3. The second-order valence-corrected chi connectivity index (χ2v) is 2.79. The lowest BCUT2D eigenvalue weighted by atomic mass is 10.3. The third-order valence-electron chi connectivity index (χ3n) is 1.60. The van der Waals surface area contributed by atoms with Gasteiger partial charge in [0.25, 0.3) is 0 Å². The zero-order chi connectivity index (χ0) is 7.82. The maximum absolute atomic E-state index is 5.03. The first kappa shape index (κ1) is 9.92. The number of hydrogen-bond acceptors (Lipinski definition) is 2. The molecule has 0 aromatic carbocycles. The highest BCUT2D eigenvalue weighted by atomic mass is 14.9. The van der Waals surface area contributed by atoms with E-state index in [0.717, 1.165) is 19.0 Å². The summed E-state index contributed by atoms with van der Waals surface area (Å²) in [5.41, 5.74) is 5.03. The fraction of sp³-hybridized carbons (Fsp3) is 1.00. The Labute approximate surface area is 64.2 Å². The van der Waals surface area contributed by atoms with Crippen LogP contribution in [0, 0.1) is 0 Å². The number of rotatable bonds is 1. The minimum atomic E-state index is 0.796. The van der Waals surface area contributed by atoms with E-state index < -0.39 is 0 Å². The smallest absolute Gasteiger partial charge is 0.00391 e. The lowest BCUT2D eigenvalue weighted by Crippen LogP contribution is -2.16. The standard InChI is InChI=1S/C5H11N.C3H9N/c1-5-3-2-4-6-5;1-2-3-4/h5-6H,2-4H2,1H3;2-4H2,1H3. The molecule has 3 N–H and O–H groups in total. The van der Waals surface area contributed by atoms with Gasteiger partial charge in [-0.1, -0.05) is 6.92 Å². The topological polar surface area (TPSA) is 38.0 Å². The number of nitrogens with two attached hydrogens (primary N) is 1. The van der Waals surface area contributed by atoms with E-state index in [4.69, 9.17) is 5.73 Å². The second kappa shape index (κ2) is 7.03. The fourth-order valence-corrected chi connectivity index (χ4v) is 0.859. The summed E-state index contributed by atoms with van der Waals surface area (Å²) in [6.07, 6.45) is 3.85. The van der Waals surface area contributed by atoms with Crippen molar-refractivity contribution in [1.82, 2.24) is 5.32 Å². The van der Waals surface area contributed by atoms with Crippen molar-refractivity contribution in [2.45, 2.75) is 39.2 Å². The highest BCUT2D eigenvalue weighted by Crippen LogP contribution is 2.01. The summed E-state index contributed by atoms with van der Waals surface area (Å²) >= 11 is 0. The van der Waals surface area contributed by atoms with Gasteiger partial charge in [0, 0.05) is 6.04 Å². The molecular weight excluding hydrogens is 124 g/mol. The molecule has 1 atom stereocenters. The summed E-state index contributed by atoms with van der Waals surface area (Å²) in [6.45, 7) is 6.34. The molecule has 1 aliphatic rings. The van der Waals surface area contributed by atoms with Crippen molar-refractivity contribution < 1.29 is 0 Å². The molecule has 1 unspecified atom stereocenters.